The fourth-order valence-corrected chi connectivity index (χ4v) is 3.47. The highest BCUT2D eigenvalue weighted by Gasteiger charge is 2.19. The van der Waals surface area contributed by atoms with E-state index in [1.807, 2.05) is 50.2 Å². The minimum absolute atomic E-state index is 0.0378. The van der Waals surface area contributed by atoms with E-state index in [9.17, 15) is 4.79 Å². The van der Waals surface area contributed by atoms with Gasteiger partial charge in [0.05, 0.1) is 16.6 Å². The van der Waals surface area contributed by atoms with Crippen LogP contribution in [0, 0.1) is 0 Å². The Kier molecular flexibility index (Phi) is 6.12. The molecule has 4 nitrogen and oxygen atoms in total. The van der Waals surface area contributed by atoms with E-state index in [0.29, 0.717) is 6.54 Å². The van der Waals surface area contributed by atoms with Gasteiger partial charge in [0.2, 0.25) is 5.91 Å². The summed E-state index contributed by atoms with van der Waals surface area (Å²) >= 11 is 1.45. The molecule has 0 spiro atoms. The largest absolute Gasteiger partial charge is 0.355 e. The van der Waals surface area contributed by atoms with Crippen LogP contribution >= 0.6 is 11.8 Å². The number of imidazole rings is 1. The van der Waals surface area contributed by atoms with Gasteiger partial charge in [-0.15, -0.1) is 0 Å². The van der Waals surface area contributed by atoms with Crippen molar-refractivity contribution in [3.8, 4) is 22.5 Å². The molecule has 3 rings (SSSR count). The molecule has 1 aromatic heterocycles. The van der Waals surface area contributed by atoms with E-state index < -0.39 is 0 Å². The number of benzene rings is 2. The molecule has 5 heteroatoms. The minimum Gasteiger partial charge on any atom is -0.355 e. The highest BCUT2D eigenvalue weighted by molar-refractivity contribution is 8.00. The van der Waals surface area contributed by atoms with Gasteiger partial charge in [-0.1, -0.05) is 79.3 Å². The number of hydrogen-bond donors (Lipinski definition) is 2. The van der Waals surface area contributed by atoms with Crippen molar-refractivity contribution in [1.29, 1.82) is 0 Å². The van der Waals surface area contributed by atoms with E-state index in [1.54, 1.807) is 0 Å². The lowest BCUT2D eigenvalue weighted by Crippen LogP contribution is -2.31. The number of thioether (sulfide) groups is 1. The second-order valence-corrected chi connectivity index (χ2v) is 7.38. The molecule has 26 heavy (non-hydrogen) atoms. The third-order valence-electron chi connectivity index (χ3n) is 4.00. The number of H-pyrrole nitrogens is 1. The van der Waals surface area contributed by atoms with Gasteiger partial charge in [0.1, 0.15) is 0 Å². The van der Waals surface area contributed by atoms with Crippen molar-refractivity contribution in [3.05, 3.63) is 60.7 Å². The number of carbonyl (C=O) groups excluding carboxylic acids is 1. The lowest BCUT2D eigenvalue weighted by atomic mass is 10.1. The molecule has 1 amide bonds. The highest BCUT2D eigenvalue weighted by atomic mass is 32.2. The van der Waals surface area contributed by atoms with Crippen LogP contribution in [0.15, 0.2) is 65.8 Å². The van der Waals surface area contributed by atoms with Crippen LogP contribution in [0.4, 0.5) is 0 Å². The Morgan fingerprint density at radius 3 is 2.31 bits per heavy atom. The third kappa shape index (κ3) is 4.35. The number of aromatic amines is 1. The Balaban J connectivity index is 1.91. The predicted octanol–water partition coefficient (Wildman–Crippen LogP) is 4.75. The van der Waals surface area contributed by atoms with Crippen LogP contribution in [-0.2, 0) is 4.79 Å². The summed E-state index contributed by atoms with van der Waals surface area (Å²) in [6.45, 7) is 4.65. The van der Waals surface area contributed by atoms with Crippen molar-refractivity contribution < 1.29 is 4.79 Å². The van der Waals surface area contributed by atoms with Gasteiger partial charge in [-0.2, -0.15) is 0 Å². The average Bonchev–Trinajstić information content (AvgIpc) is 3.11. The van der Waals surface area contributed by atoms with Crippen LogP contribution in [0.2, 0.25) is 0 Å². The van der Waals surface area contributed by atoms with Crippen LogP contribution in [0.3, 0.4) is 0 Å². The molecule has 2 aromatic carbocycles. The van der Waals surface area contributed by atoms with Crippen LogP contribution in [0.5, 0.6) is 0 Å². The molecular formula is C21H23N3OS. The molecule has 0 aliphatic heterocycles. The van der Waals surface area contributed by atoms with Gasteiger partial charge in [-0.25, -0.2) is 4.98 Å². The first-order valence-corrected chi connectivity index (χ1v) is 9.72. The standard InChI is InChI=1S/C21H23N3OS/c1-3-14-22-20(25)15(2)26-21-23-18(16-10-6-4-7-11-16)19(24-21)17-12-8-5-9-13-17/h4-13,15H,3,14H2,1-2H3,(H,22,25)(H,23,24). The van der Waals surface area contributed by atoms with E-state index in [4.69, 9.17) is 4.98 Å². The van der Waals surface area contributed by atoms with Gasteiger partial charge in [-0.3, -0.25) is 4.79 Å². The predicted molar refractivity (Wildman–Crippen MR) is 108 cm³/mol. The molecule has 0 fully saturated rings. The van der Waals surface area contributed by atoms with Crippen LogP contribution in [-0.4, -0.2) is 27.7 Å². The summed E-state index contributed by atoms with van der Waals surface area (Å²) in [5.74, 6) is 0.0378. The zero-order chi connectivity index (χ0) is 18.4. The van der Waals surface area contributed by atoms with Crippen LogP contribution < -0.4 is 5.32 Å². The fraction of sp³-hybridized carbons (Fsp3) is 0.238. The smallest absolute Gasteiger partial charge is 0.233 e. The number of amides is 1. The Morgan fingerprint density at radius 1 is 1.08 bits per heavy atom. The van der Waals surface area contributed by atoms with Gasteiger partial charge < -0.3 is 10.3 Å². The van der Waals surface area contributed by atoms with E-state index in [1.165, 1.54) is 11.8 Å². The lowest BCUT2D eigenvalue weighted by molar-refractivity contribution is -0.120. The third-order valence-corrected chi connectivity index (χ3v) is 4.98. The first-order chi connectivity index (χ1) is 12.7. The molecule has 2 N–H and O–H groups in total. The van der Waals surface area contributed by atoms with E-state index in [2.05, 4.69) is 34.6 Å². The lowest BCUT2D eigenvalue weighted by Gasteiger charge is -2.09. The van der Waals surface area contributed by atoms with E-state index in [0.717, 1.165) is 34.1 Å². The molecule has 0 radical (unpaired) electrons. The summed E-state index contributed by atoms with van der Waals surface area (Å²) in [6.07, 6.45) is 0.931. The average molecular weight is 366 g/mol. The number of nitrogens with zero attached hydrogens (tertiary/aromatic N) is 1. The van der Waals surface area contributed by atoms with Crippen molar-refractivity contribution in [1.82, 2.24) is 15.3 Å². The van der Waals surface area contributed by atoms with Gasteiger partial charge >= 0.3 is 0 Å². The van der Waals surface area contributed by atoms with Gasteiger partial charge in [-0.05, 0) is 13.3 Å². The fourth-order valence-electron chi connectivity index (χ4n) is 2.64. The second-order valence-electron chi connectivity index (χ2n) is 6.05. The zero-order valence-corrected chi connectivity index (χ0v) is 15.8. The molecule has 1 unspecified atom stereocenters. The molecule has 0 aliphatic carbocycles. The molecule has 1 atom stereocenters. The number of nitrogens with one attached hydrogen (secondary N) is 2. The molecule has 0 aliphatic rings. The van der Waals surface area contributed by atoms with Crippen molar-refractivity contribution in [2.24, 2.45) is 0 Å². The summed E-state index contributed by atoms with van der Waals surface area (Å²) in [5, 5.41) is 3.48. The first kappa shape index (κ1) is 18.3. The maximum atomic E-state index is 12.2. The number of carbonyl (C=O) groups is 1. The maximum absolute atomic E-state index is 12.2. The number of hydrogen-bond acceptors (Lipinski definition) is 3. The molecular weight excluding hydrogens is 342 g/mol. The summed E-state index contributed by atoms with van der Waals surface area (Å²) < 4.78 is 0. The van der Waals surface area contributed by atoms with Crippen molar-refractivity contribution >= 4 is 17.7 Å². The van der Waals surface area contributed by atoms with Gasteiger partial charge in [0.15, 0.2) is 5.16 Å². The highest BCUT2D eigenvalue weighted by Crippen LogP contribution is 2.33. The summed E-state index contributed by atoms with van der Waals surface area (Å²) in [6, 6.07) is 20.3. The summed E-state index contributed by atoms with van der Waals surface area (Å²) in [5.41, 5.74) is 4.01. The molecule has 0 saturated carbocycles. The Labute approximate surface area is 158 Å². The second kappa shape index (κ2) is 8.72. The van der Waals surface area contributed by atoms with E-state index >= 15 is 0 Å². The Morgan fingerprint density at radius 2 is 1.69 bits per heavy atom. The van der Waals surface area contributed by atoms with Crippen molar-refractivity contribution in [2.45, 2.75) is 30.7 Å². The molecule has 1 heterocycles. The van der Waals surface area contributed by atoms with Gasteiger partial charge in [0, 0.05) is 17.7 Å². The minimum atomic E-state index is -0.208. The SMILES string of the molecule is CCCNC(=O)C(C)Sc1nc(-c2ccccc2)c(-c2ccccc2)[nH]1. The Hall–Kier alpha value is -2.53. The summed E-state index contributed by atoms with van der Waals surface area (Å²) in [7, 11) is 0. The monoisotopic (exact) mass is 365 g/mol. The molecule has 134 valence electrons. The maximum Gasteiger partial charge on any atom is 0.233 e. The number of aromatic nitrogens is 2. The van der Waals surface area contributed by atoms with Crippen LogP contribution in [0.1, 0.15) is 20.3 Å². The topological polar surface area (TPSA) is 57.8 Å². The van der Waals surface area contributed by atoms with Crippen molar-refractivity contribution in [2.75, 3.05) is 6.54 Å². The Bertz CT molecular complexity index is 789. The van der Waals surface area contributed by atoms with E-state index in [-0.39, 0.29) is 11.2 Å². The first-order valence-electron chi connectivity index (χ1n) is 8.84. The quantitative estimate of drug-likeness (QED) is 0.594. The number of rotatable bonds is 7. The van der Waals surface area contributed by atoms with Crippen molar-refractivity contribution in [3.63, 3.8) is 0 Å². The zero-order valence-electron chi connectivity index (χ0n) is 15.0. The van der Waals surface area contributed by atoms with Gasteiger partial charge in [0.25, 0.3) is 0 Å². The molecule has 0 bridgehead atoms. The molecule has 3 aromatic rings. The van der Waals surface area contributed by atoms with Crippen LogP contribution in [0.25, 0.3) is 22.5 Å². The normalized spacial score (nSPS) is 11.9. The molecule has 0 saturated heterocycles. The summed E-state index contributed by atoms with van der Waals surface area (Å²) in [4.78, 5) is 20.4.